The van der Waals surface area contributed by atoms with Gasteiger partial charge in [-0.25, -0.2) is 0 Å². The highest BCUT2D eigenvalue weighted by Gasteiger charge is 2.27. The molecule has 0 amide bonds. The minimum atomic E-state index is -0.149. The largest absolute Gasteiger partial charge is 0.376 e. The summed E-state index contributed by atoms with van der Waals surface area (Å²) in [6, 6.07) is 0. The zero-order valence-electron chi connectivity index (χ0n) is 8.65. The van der Waals surface area contributed by atoms with Crippen LogP contribution < -0.4 is 0 Å². The van der Waals surface area contributed by atoms with Gasteiger partial charge >= 0.3 is 0 Å². The van der Waals surface area contributed by atoms with Crippen LogP contribution in [0.2, 0.25) is 0 Å². The Balaban J connectivity index is 2.18. The summed E-state index contributed by atoms with van der Waals surface area (Å²) in [5.41, 5.74) is 0.821. The molecule has 84 valence electrons. The molecule has 5 heteroatoms. The van der Waals surface area contributed by atoms with Gasteiger partial charge in [-0.05, 0) is 6.92 Å². The highest BCUT2D eigenvalue weighted by atomic mass is 32.2. The number of rotatable bonds is 2. The standard InChI is InChI=1S/C10H14O3S2/c1-7(11)9(10-14-4-5-15-10)8-6-12-2-3-13-8/h8H,2-6H2,1H3. The van der Waals surface area contributed by atoms with E-state index in [2.05, 4.69) is 0 Å². The molecule has 2 aliphatic rings. The van der Waals surface area contributed by atoms with Crippen LogP contribution in [0.4, 0.5) is 0 Å². The van der Waals surface area contributed by atoms with Gasteiger partial charge in [0, 0.05) is 21.3 Å². The first-order chi connectivity index (χ1) is 7.29. The first kappa shape index (κ1) is 11.5. The van der Waals surface area contributed by atoms with E-state index in [9.17, 15) is 4.79 Å². The smallest absolute Gasteiger partial charge is 0.160 e. The number of hydrogen-bond donors (Lipinski definition) is 0. The van der Waals surface area contributed by atoms with Crippen molar-refractivity contribution in [2.75, 3.05) is 31.3 Å². The summed E-state index contributed by atoms with van der Waals surface area (Å²) in [4.78, 5) is 11.6. The fraction of sp³-hybridized carbons (Fsp3) is 0.700. The van der Waals surface area contributed by atoms with Crippen LogP contribution in [0.5, 0.6) is 0 Å². The minimum Gasteiger partial charge on any atom is -0.376 e. The molecule has 0 saturated carbocycles. The Bertz CT molecular complexity index is 274. The number of ketones is 1. The number of ether oxygens (including phenoxy) is 2. The summed E-state index contributed by atoms with van der Waals surface area (Å²) in [5.74, 6) is 2.29. The quantitative estimate of drug-likeness (QED) is 0.693. The number of hydrogen-bond acceptors (Lipinski definition) is 5. The van der Waals surface area contributed by atoms with E-state index in [-0.39, 0.29) is 11.9 Å². The molecule has 0 spiro atoms. The summed E-state index contributed by atoms with van der Waals surface area (Å²) >= 11 is 3.52. The fourth-order valence-corrected chi connectivity index (χ4v) is 4.35. The van der Waals surface area contributed by atoms with Crippen molar-refractivity contribution in [1.82, 2.24) is 0 Å². The van der Waals surface area contributed by atoms with Crippen LogP contribution in [0.15, 0.2) is 9.81 Å². The molecule has 3 nitrogen and oxygen atoms in total. The van der Waals surface area contributed by atoms with Crippen molar-refractivity contribution in [3.8, 4) is 0 Å². The van der Waals surface area contributed by atoms with Crippen molar-refractivity contribution >= 4 is 29.3 Å². The van der Waals surface area contributed by atoms with Gasteiger partial charge in [-0.2, -0.15) is 0 Å². The SMILES string of the molecule is CC(=O)C(=C1SCCS1)C1COCCO1. The maximum atomic E-state index is 11.6. The van der Waals surface area contributed by atoms with Gasteiger partial charge in [-0.1, -0.05) is 0 Å². The number of carbonyl (C=O) groups excluding carboxylic acids is 1. The van der Waals surface area contributed by atoms with Crippen LogP contribution in [-0.2, 0) is 14.3 Å². The van der Waals surface area contributed by atoms with Gasteiger partial charge in [0.2, 0.25) is 0 Å². The normalized spacial score (nSPS) is 26.7. The van der Waals surface area contributed by atoms with E-state index in [1.165, 1.54) is 0 Å². The predicted molar refractivity (Wildman–Crippen MR) is 63.2 cm³/mol. The Morgan fingerprint density at radius 3 is 2.60 bits per heavy atom. The van der Waals surface area contributed by atoms with Crippen molar-refractivity contribution in [1.29, 1.82) is 0 Å². The third kappa shape index (κ3) is 2.78. The second-order valence-electron chi connectivity index (χ2n) is 3.39. The summed E-state index contributed by atoms with van der Waals surface area (Å²) in [7, 11) is 0. The molecular formula is C10H14O3S2. The zero-order valence-corrected chi connectivity index (χ0v) is 10.3. The molecule has 2 aliphatic heterocycles. The van der Waals surface area contributed by atoms with Gasteiger partial charge < -0.3 is 9.47 Å². The van der Waals surface area contributed by atoms with Crippen molar-refractivity contribution < 1.29 is 14.3 Å². The van der Waals surface area contributed by atoms with Gasteiger partial charge in [0.1, 0.15) is 6.10 Å². The van der Waals surface area contributed by atoms with Crippen molar-refractivity contribution in [2.45, 2.75) is 13.0 Å². The predicted octanol–water partition coefficient (Wildman–Crippen LogP) is 1.68. The number of carbonyl (C=O) groups is 1. The summed E-state index contributed by atoms with van der Waals surface area (Å²) < 4.78 is 12.1. The van der Waals surface area contributed by atoms with E-state index >= 15 is 0 Å². The molecular weight excluding hydrogens is 232 g/mol. The Kier molecular flexibility index (Phi) is 4.13. The number of Topliss-reactive ketones (excluding diaryl/α,β-unsaturated/α-hetero) is 1. The highest BCUT2D eigenvalue weighted by molar-refractivity contribution is 8.25. The molecule has 2 rings (SSSR count). The average molecular weight is 246 g/mol. The molecule has 0 bridgehead atoms. The van der Waals surface area contributed by atoms with E-state index in [1.54, 1.807) is 30.4 Å². The van der Waals surface area contributed by atoms with Crippen molar-refractivity contribution in [3.63, 3.8) is 0 Å². The van der Waals surface area contributed by atoms with E-state index in [4.69, 9.17) is 9.47 Å². The minimum absolute atomic E-state index is 0.113. The van der Waals surface area contributed by atoms with E-state index in [0.717, 1.165) is 21.3 Å². The van der Waals surface area contributed by atoms with Gasteiger partial charge in [-0.3, -0.25) is 4.79 Å². The topological polar surface area (TPSA) is 35.5 Å². The Hall–Kier alpha value is 0.0300. The molecule has 2 fully saturated rings. The van der Waals surface area contributed by atoms with Gasteiger partial charge in [0.15, 0.2) is 5.78 Å². The molecule has 15 heavy (non-hydrogen) atoms. The molecule has 2 heterocycles. The Morgan fingerprint density at radius 1 is 1.33 bits per heavy atom. The molecule has 0 N–H and O–H groups in total. The molecule has 0 radical (unpaired) electrons. The first-order valence-electron chi connectivity index (χ1n) is 4.99. The van der Waals surface area contributed by atoms with Crippen LogP contribution in [0.25, 0.3) is 0 Å². The average Bonchev–Trinajstić information content (AvgIpc) is 2.72. The van der Waals surface area contributed by atoms with Crippen molar-refractivity contribution in [2.24, 2.45) is 0 Å². The molecule has 0 aromatic heterocycles. The monoisotopic (exact) mass is 246 g/mol. The Morgan fingerprint density at radius 2 is 2.07 bits per heavy atom. The maximum Gasteiger partial charge on any atom is 0.160 e. The molecule has 0 aliphatic carbocycles. The van der Waals surface area contributed by atoms with Crippen LogP contribution >= 0.6 is 23.5 Å². The highest BCUT2D eigenvalue weighted by Crippen LogP contribution is 2.40. The maximum absolute atomic E-state index is 11.6. The van der Waals surface area contributed by atoms with Crippen LogP contribution in [-0.4, -0.2) is 43.2 Å². The van der Waals surface area contributed by atoms with E-state index in [1.807, 2.05) is 0 Å². The fourth-order valence-electron chi connectivity index (χ4n) is 1.62. The lowest BCUT2D eigenvalue weighted by molar-refractivity contribution is -0.118. The first-order valence-corrected chi connectivity index (χ1v) is 6.96. The second kappa shape index (κ2) is 5.39. The summed E-state index contributed by atoms with van der Waals surface area (Å²) in [6.45, 7) is 3.35. The van der Waals surface area contributed by atoms with E-state index < -0.39 is 0 Å². The van der Waals surface area contributed by atoms with Gasteiger partial charge in [0.05, 0.1) is 19.8 Å². The van der Waals surface area contributed by atoms with Gasteiger partial charge in [0.25, 0.3) is 0 Å². The molecule has 0 aromatic rings. The number of thioether (sulfide) groups is 2. The summed E-state index contributed by atoms with van der Waals surface area (Å²) in [5, 5.41) is 0. The lowest BCUT2D eigenvalue weighted by Gasteiger charge is -2.25. The zero-order chi connectivity index (χ0) is 10.7. The lowest BCUT2D eigenvalue weighted by atomic mass is 10.1. The molecule has 1 atom stereocenters. The van der Waals surface area contributed by atoms with Crippen molar-refractivity contribution in [3.05, 3.63) is 9.81 Å². The molecule has 0 aromatic carbocycles. The van der Waals surface area contributed by atoms with Crippen LogP contribution in [0.1, 0.15) is 6.92 Å². The second-order valence-corrected chi connectivity index (χ2v) is 5.86. The van der Waals surface area contributed by atoms with Crippen LogP contribution in [0, 0.1) is 0 Å². The van der Waals surface area contributed by atoms with E-state index in [0.29, 0.717) is 19.8 Å². The molecule has 2 saturated heterocycles. The Labute approximate surface area is 98.0 Å². The molecule has 1 unspecified atom stereocenters. The third-order valence-corrected chi connectivity index (χ3v) is 5.03. The summed E-state index contributed by atoms with van der Waals surface area (Å²) in [6.07, 6.45) is -0.149. The van der Waals surface area contributed by atoms with Crippen LogP contribution in [0.3, 0.4) is 0 Å². The van der Waals surface area contributed by atoms with Gasteiger partial charge in [-0.15, -0.1) is 23.5 Å². The lowest BCUT2D eigenvalue weighted by Crippen LogP contribution is -2.32. The third-order valence-electron chi connectivity index (χ3n) is 2.29.